The van der Waals surface area contributed by atoms with E-state index in [9.17, 15) is 16.8 Å². The van der Waals surface area contributed by atoms with Crippen molar-refractivity contribution >= 4 is 19.9 Å². The molecule has 1 aromatic rings. The van der Waals surface area contributed by atoms with E-state index < -0.39 is 25.1 Å². The van der Waals surface area contributed by atoms with Gasteiger partial charge in [-0.05, 0) is 12.8 Å². The summed E-state index contributed by atoms with van der Waals surface area (Å²) in [5.41, 5.74) is 0. The predicted molar refractivity (Wildman–Crippen MR) is 81.5 cm³/mol. The van der Waals surface area contributed by atoms with E-state index in [4.69, 9.17) is 0 Å². The second-order valence-corrected chi connectivity index (χ2v) is 10.6. The van der Waals surface area contributed by atoms with Gasteiger partial charge in [-0.15, -0.1) is 0 Å². The third-order valence-corrected chi connectivity index (χ3v) is 8.93. The summed E-state index contributed by atoms with van der Waals surface area (Å²) in [6.07, 6.45) is 7.27. The summed E-state index contributed by atoms with van der Waals surface area (Å²) >= 11 is 0. The highest BCUT2D eigenvalue weighted by Gasteiger charge is 2.46. The lowest BCUT2D eigenvalue weighted by atomic mass is 10.0. The van der Waals surface area contributed by atoms with E-state index >= 15 is 0 Å². The quantitative estimate of drug-likeness (QED) is 0.793. The fourth-order valence-corrected chi connectivity index (χ4v) is 7.12. The first kappa shape index (κ1) is 15.9. The molecule has 1 aliphatic carbocycles. The minimum Gasteiger partial charge on any atom is -0.339 e. The number of imidazole rings is 1. The highest BCUT2D eigenvalue weighted by molar-refractivity contribution is 7.93. The molecule has 0 bridgehead atoms. The van der Waals surface area contributed by atoms with Crippen molar-refractivity contribution in [2.24, 2.45) is 7.05 Å². The number of hydrogen-bond acceptors (Lipinski definition) is 5. The van der Waals surface area contributed by atoms with Crippen molar-refractivity contribution < 1.29 is 16.8 Å². The Labute approximate surface area is 131 Å². The minimum absolute atomic E-state index is 0.0245. The zero-order valence-corrected chi connectivity index (χ0v) is 14.2. The van der Waals surface area contributed by atoms with Crippen LogP contribution < -0.4 is 0 Å². The Kier molecular flexibility index (Phi) is 4.07. The Hall–Kier alpha value is -0.930. The molecule has 1 saturated carbocycles. The number of nitrogens with zero attached hydrogens (tertiary/aromatic N) is 3. The van der Waals surface area contributed by atoms with Crippen molar-refractivity contribution in [3.63, 3.8) is 0 Å². The fraction of sp³-hybridized carbons (Fsp3) is 0.769. The maximum Gasteiger partial charge on any atom is 0.262 e. The average molecular weight is 347 g/mol. The molecule has 3 rings (SSSR count). The summed E-state index contributed by atoms with van der Waals surface area (Å²) in [7, 11) is -5.20. The van der Waals surface area contributed by atoms with Crippen molar-refractivity contribution in [3.8, 4) is 0 Å². The van der Waals surface area contributed by atoms with Crippen molar-refractivity contribution in [2.75, 3.05) is 13.1 Å². The zero-order chi connectivity index (χ0) is 16.0. The molecule has 22 heavy (non-hydrogen) atoms. The first-order chi connectivity index (χ1) is 10.3. The summed E-state index contributed by atoms with van der Waals surface area (Å²) < 4.78 is 52.5. The molecule has 2 fully saturated rings. The van der Waals surface area contributed by atoms with Crippen LogP contribution in [0.2, 0.25) is 0 Å². The highest BCUT2D eigenvalue weighted by atomic mass is 32.2. The average Bonchev–Trinajstić information content (AvgIpc) is 2.85. The van der Waals surface area contributed by atoms with Crippen LogP contribution in [0.4, 0.5) is 0 Å². The van der Waals surface area contributed by atoms with Crippen LogP contribution in [0.1, 0.15) is 32.1 Å². The number of rotatable bonds is 4. The van der Waals surface area contributed by atoms with Crippen molar-refractivity contribution in [2.45, 2.75) is 47.6 Å². The van der Waals surface area contributed by atoms with Gasteiger partial charge in [0.1, 0.15) is 0 Å². The molecule has 1 aliphatic heterocycles. The first-order valence-corrected chi connectivity index (χ1v) is 10.6. The Morgan fingerprint density at radius 1 is 1.05 bits per heavy atom. The predicted octanol–water partition coefficient (Wildman–Crippen LogP) is 0.540. The van der Waals surface area contributed by atoms with Gasteiger partial charge in [-0.3, -0.25) is 0 Å². The third-order valence-electron chi connectivity index (χ3n) is 4.58. The van der Waals surface area contributed by atoms with Crippen molar-refractivity contribution in [3.05, 3.63) is 12.5 Å². The van der Waals surface area contributed by atoms with Crippen LogP contribution in [0, 0.1) is 0 Å². The van der Waals surface area contributed by atoms with Crippen LogP contribution in [0.3, 0.4) is 0 Å². The fourth-order valence-electron chi connectivity index (χ4n) is 3.12. The molecule has 0 unspecified atom stereocenters. The van der Waals surface area contributed by atoms with Gasteiger partial charge in [-0.2, -0.15) is 4.31 Å². The number of hydrogen-bond donors (Lipinski definition) is 0. The van der Waals surface area contributed by atoms with Gasteiger partial charge in [-0.1, -0.05) is 19.3 Å². The summed E-state index contributed by atoms with van der Waals surface area (Å²) in [4.78, 5) is 3.85. The van der Waals surface area contributed by atoms with E-state index in [1.165, 1.54) is 16.8 Å². The van der Waals surface area contributed by atoms with E-state index in [-0.39, 0.29) is 23.4 Å². The number of aryl methyl sites for hydroxylation is 1. The van der Waals surface area contributed by atoms with Gasteiger partial charge in [0.25, 0.3) is 10.0 Å². The van der Waals surface area contributed by atoms with Gasteiger partial charge in [0.05, 0.1) is 16.8 Å². The molecule has 124 valence electrons. The number of sulfone groups is 1. The lowest BCUT2D eigenvalue weighted by Gasteiger charge is -2.39. The van der Waals surface area contributed by atoms with E-state index in [2.05, 4.69) is 4.98 Å². The van der Waals surface area contributed by atoms with Gasteiger partial charge < -0.3 is 4.57 Å². The maximum atomic E-state index is 12.5. The van der Waals surface area contributed by atoms with Crippen LogP contribution in [-0.4, -0.2) is 54.3 Å². The molecule has 0 radical (unpaired) electrons. The maximum absolute atomic E-state index is 12.5. The topological polar surface area (TPSA) is 89.3 Å². The molecular formula is C13H21N3O4S2. The summed E-state index contributed by atoms with van der Waals surface area (Å²) in [5, 5.41) is -0.872. The van der Waals surface area contributed by atoms with Crippen LogP contribution >= 0.6 is 0 Å². The smallest absolute Gasteiger partial charge is 0.262 e. The van der Waals surface area contributed by atoms with Crippen molar-refractivity contribution in [1.29, 1.82) is 0 Å². The molecule has 0 aromatic carbocycles. The van der Waals surface area contributed by atoms with Gasteiger partial charge in [0, 0.05) is 26.3 Å². The summed E-state index contributed by atoms with van der Waals surface area (Å²) in [5.74, 6) is 0. The van der Waals surface area contributed by atoms with Gasteiger partial charge in [-0.25, -0.2) is 21.8 Å². The minimum atomic E-state index is -3.67. The Bertz CT molecular complexity index is 742. The van der Waals surface area contributed by atoms with Gasteiger partial charge in [0.2, 0.25) is 0 Å². The number of aromatic nitrogens is 2. The molecular weight excluding hydrogens is 326 g/mol. The second-order valence-electron chi connectivity index (χ2n) is 6.17. The lowest BCUT2D eigenvalue weighted by Crippen LogP contribution is -2.58. The number of sulfonamides is 1. The molecule has 0 spiro atoms. The van der Waals surface area contributed by atoms with E-state index in [1.807, 2.05) is 0 Å². The Balaban J connectivity index is 1.69. The lowest BCUT2D eigenvalue weighted by molar-refractivity contribution is 0.305. The Morgan fingerprint density at radius 3 is 2.23 bits per heavy atom. The monoisotopic (exact) mass is 347 g/mol. The molecule has 7 nitrogen and oxygen atoms in total. The van der Waals surface area contributed by atoms with E-state index in [0.717, 1.165) is 19.3 Å². The van der Waals surface area contributed by atoms with Gasteiger partial charge in [0.15, 0.2) is 14.9 Å². The molecule has 0 N–H and O–H groups in total. The van der Waals surface area contributed by atoms with Crippen LogP contribution in [-0.2, 0) is 26.9 Å². The third kappa shape index (κ3) is 2.69. The largest absolute Gasteiger partial charge is 0.339 e. The normalized spacial score (nSPS) is 22.6. The van der Waals surface area contributed by atoms with E-state index in [1.54, 1.807) is 11.6 Å². The summed E-state index contributed by atoms with van der Waals surface area (Å²) in [6.45, 7) is 0.107. The summed E-state index contributed by atoms with van der Waals surface area (Å²) in [6, 6.07) is 0. The zero-order valence-electron chi connectivity index (χ0n) is 12.6. The molecule has 0 amide bonds. The van der Waals surface area contributed by atoms with E-state index in [0.29, 0.717) is 12.8 Å². The Morgan fingerprint density at radius 2 is 1.68 bits per heavy atom. The molecule has 2 heterocycles. The molecule has 2 aliphatic rings. The van der Waals surface area contributed by atoms with Crippen LogP contribution in [0.25, 0.3) is 0 Å². The first-order valence-electron chi connectivity index (χ1n) is 7.52. The highest BCUT2D eigenvalue weighted by Crippen LogP contribution is 2.31. The molecule has 1 aromatic heterocycles. The second kappa shape index (κ2) is 5.61. The standard InChI is InChI=1S/C13H21N3O4S2/c1-15-9-13(14-10-15)22(19,20)16-7-12(8-16)21(17,18)11-5-3-2-4-6-11/h9-12H,2-8H2,1H3. The van der Waals surface area contributed by atoms with Crippen LogP contribution in [0.15, 0.2) is 17.6 Å². The van der Waals surface area contributed by atoms with Gasteiger partial charge >= 0.3 is 0 Å². The molecule has 9 heteroatoms. The molecule has 0 atom stereocenters. The SMILES string of the molecule is Cn1cnc(S(=O)(=O)N2CC(S(=O)(=O)C3CCCCC3)C2)c1. The molecule has 1 saturated heterocycles. The van der Waals surface area contributed by atoms with Crippen LogP contribution in [0.5, 0.6) is 0 Å². The van der Waals surface area contributed by atoms with Crippen molar-refractivity contribution in [1.82, 2.24) is 13.9 Å².